The summed E-state index contributed by atoms with van der Waals surface area (Å²) >= 11 is 0. The topological polar surface area (TPSA) is 64.1 Å². The normalized spacial score (nSPS) is 13.2. The second kappa shape index (κ2) is 4.99. The number of imidazole rings is 1. The van der Waals surface area contributed by atoms with Crippen molar-refractivity contribution in [1.82, 2.24) is 9.55 Å². The van der Waals surface area contributed by atoms with Crippen LogP contribution in [-0.4, -0.2) is 21.3 Å². The Morgan fingerprint density at radius 3 is 3.08 bits per heavy atom. The zero-order valence-corrected chi connectivity index (χ0v) is 7.98. The van der Waals surface area contributed by atoms with Gasteiger partial charge in [-0.3, -0.25) is 0 Å². The summed E-state index contributed by atoms with van der Waals surface area (Å²) in [5.74, 6) is 0. The molecular formula is C9H17N3O. The van der Waals surface area contributed by atoms with Crippen molar-refractivity contribution in [3.63, 3.8) is 0 Å². The molecule has 0 spiro atoms. The van der Waals surface area contributed by atoms with E-state index < -0.39 is 0 Å². The number of nitrogens with two attached hydrogens (primary N) is 1. The number of hydrogen-bond donors (Lipinski definition) is 2. The SMILES string of the molecule is CCCCn1cncc1C(N)CO. The predicted octanol–water partition coefficient (Wildman–Crippen LogP) is 0.675. The number of aliphatic hydroxyl groups is 1. The first-order valence-electron chi connectivity index (χ1n) is 4.66. The molecule has 13 heavy (non-hydrogen) atoms. The van der Waals surface area contributed by atoms with Crippen LogP contribution in [0.25, 0.3) is 0 Å². The Bertz CT molecular complexity index is 247. The molecule has 1 unspecified atom stereocenters. The van der Waals surface area contributed by atoms with E-state index in [-0.39, 0.29) is 12.6 Å². The third-order valence-electron chi connectivity index (χ3n) is 2.07. The van der Waals surface area contributed by atoms with Crippen molar-refractivity contribution in [3.8, 4) is 0 Å². The Morgan fingerprint density at radius 2 is 2.46 bits per heavy atom. The first kappa shape index (κ1) is 10.2. The molecule has 1 rings (SSSR count). The van der Waals surface area contributed by atoms with Crippen molar-refractivity contribution in [2.75, 3.05) is 6.61 Å². The standard InChI is InChI=1S/C9H17N3O/c1-2-3-4-12-7-11-5-9(12)8(10)6-13/h5,7-8,13H,2-4,6,10H2,1H3. The van der Waals surface area contributed by atoms with Gasteiger partial charge in [-0.15, -0.1) is 0 Å². The highest BCUT2D eigenvalue weighted by Crippen LogP contribution is 2.09. The summed E-state index contributed by atoms with van der Waals surface area (Å²) < 4.78 is 2.00. The number of rotatable bonds is 5. The fourth-order valence-electron chi connectivity index (χ4n) is 1.25. The van der Waals surface area contributed by atoms with Gasteiger partial charge in [0.25, 0.3) is 0 Å². The second-order valence-electron chi connectivity index (χ2n) is 3.15. The molecule has 0 bridgehead atoms. The predicted molar refractivity (Wildman–Crippen MR) is 51.1 cm³/mol. The van der Waals surface area contributed by atoms with Crippen LogP contribution < -0.4 is 5.73 Å². The minimum absolute atomic E-state index is 0.0299. The summed E-state index contributed by atoms with van der Waals surface area (Å²) in [6.07, 6.45) is 5.74. The molecule has 0 aliphatic rings. The first-order chi connectivity index (χ1) is 6.29. The quantitative estimate of drug-likeness (QED) is 0.705. The molecule has 0 radical (unpaired) electrons. The second-order valence-corrected chi connectivity index (χ2v) is 3.15. The summed E-state index contributed by atoms with van der Waals surface area (Å²) in [6, 6.07) is -0.306. The fourth-order valence-corrected chi connectivity index (χ4v) is 1.25. The van der Waals surface area contributed by atoms with E-state index in [9.17, 15) is 0 Å². The van der Waals surface area contributed by atoms with E-state index in [1.807, 2.05) is 4.57 Å². The summed E-state index contributed by atoms with van der Waals surface area (Å²) in [5.41, 5.74) is 6.61. The summed E-state index contributed by atoms with van der Waals surface area (Å²) in [4.78, 5) is 4.02. The minimum Gasteiger partial charge on any atom is -0.394 e. The molecule has 1 heterocycles. The Hall–Kier alpha value is -0.870. The van der Waals surface area contributed by atoms with Gasteiger partial charge in [0.1, 0.15) is 0 Å². The summed E-state index contributed by atoms with van der Waals surface area (Å²) in [6.45, 7) is 3.04. The molecule has 0 aliphatic carbocycles. The maximum atomic E-state index is 8.89. The van der Waals surface area contributed by atoms with Crippen molar-refractivity contribution >= 4 is 0 Å². The van der Waals surface area contributed by atoms with Gasteiger partial charge in [0, 0.05) is 12.7 Å². The summed E-state index contributed by atoms with van der Waals surface area (Å²) in [5, 5.41) is 8.89. The molecule has 0 amide bonds. The van der Waals surface area contributed by atoms with Gasteiger partial charge in [-0.25, -0.2) is 4.98 Å². The average Bonchev–Trinajstić information content (AvgIpc) is 2.61. The van der Waals surface area contributed by atoms with Crippen LogP contribution >= 0.6 is 0 Å². The number of aryl methyl sites for hydroxylation is 1. The van der Waals surface area contributed by atoms with Gasteiger partial charge in [-0.2, -0.15) is 0 Å². The van der Waals surface area contributed by atoms with Gasteiger partial charge in [-0.05, 0) is 6.42 Å². The molecule has 1 atom stereocenters. The summed E-state index contributed by atoms with van der Waals surface area (Å²) in [7, 11) is 0. The van der Waals surface area contributed by atoms with Crippen molar-refractivity contribution in [2.45, 2.75) is 32.4 Å². The van der Waals surface area contributed by atoms with Crippen LogP contribution in [0.2, 0.25) is 0 Å². The highest BCUT2D eigenvalue weighted by Gasteiger charge is 2.09. The number of hydrogen-bond acceptors (Lipinski definition) is 3. The third kappa shape index (κ3) is 2.54. The highest BCUT2D eigenvalue weighted by atomic mass is 16.3. The Kier molecular flexibility index (Phi) is 3.92. The smallest absolute Gasteiger partial charge is 0.0948 e. The average molecular weight is 183 g/mol. The van der Waals surface area contributed by atoms with Gasteiger partial charge in [-0.1, -0.05) is 13.3 Å². The maximum Gasteiger partial charge on any atom is 0.0948 e. The monoisotopic (exact) mass is 183 g/mol. The van der Waals surface area contributed by atoms with E-state index in [2.05, 4.69) is 11.9 Å². The van der Waals surface area contributed by atoms with Crippen LogP contribution in [0.1, 0.15) is 31.5 Å². The van der Waals surface area contributed by atoms with E-state index in [0.717, 1.165) is 25.1 Å². The van der Waals surface area contributed by atoms with Crippen molar-refractivity contribution in [3.05, 3.63) is 18.2 Å². The zero-order chi connectivity index (χ0) is 9.68. The molecule has 0 fully saturated rings. The van der Waals surface area contributed by atoms with Crippen molar-refractivity contribution in [2.24, 2.45) is 5.73 Å². The Labute approximate surface area is 78.4 Å². The largest absolute Gasteiger partial charge is 0.394 e. The molecule has 1 aromatic heterocycles. The molecule has 0 saturated heterocycles. The van der Waals surface area contributed by atoms with E-state index in [1.165, 1.54) is 0 Å². The van der Waals surface area contributed by atoms with Crippen molar-refractivity contribution in [1.29, 1.82) is 0 Å². The Morgan fingerprint density at radius 1 is 1.69 bits per heavy atom. The molecule has 0 aliphatic heterocycles. The van der Waals surface area contributed by atoms with Crippen LogP contribution in [0, 0.1) is 0 Å². The first-order valence-corrected chi connectivity index (χ1v) is 4.66. The van der Waals surface area contributed by atoms with E-state index in [0.29, 0.717) is 0 Å². The molecule has 0 saturated carbocycles. The number of unbranched alkanes of at least 4 members (excludes halogenated alkanes) is 1. The van der Waals surface area contributed by atoms with Crippen LogP contribution in [0.15, 0.2) is 12.5 Å². The molecule has 4 heteroatoms. The van der Waals surface area contributed by atoms with Gasteiger partial charge in [0.15, 0.2) is 0 Å². The van der Waals surface area contributed by atoms with Gasteiger partial charge in [0.2, 0.25) is 0 Å². The Balaban J connectivity index is 2.65. The van der Waals surface area contributed by atoms with E-state index in [1.54, 1.807) is 12.5 Å². The lowest BCUT2D eigenvalue weighted by molar-refractivity contribution is 0.263. The lowest BCUT2D eigenvalue weighted by Gasteiger charge is -2.11. The van der Waals surface area contributed by atoms with E-state index >= 15 is 0 Å². The molecule has 4 nitrogen and oxygen atoms in total. The van der Waals surface area contributed by atoms with Crippen LogP contribution in [0.5, 0.6) is 0 Å². The number of aliphatic hydroxyl groups excluding tert-OH is 1. The van der Waals surface area contributed by atoms with Gasteiger partial charge in [0.05, 0.1) is 24.7 Å². The van der Waals surface area contributed by atoms with Gasteiger partial charge < -0.3 is 15.4 Å². The highest BCUT2D eigenvalue weighted by molar-refractivity contribution is 5.04. The fraction of sp³-hybridized carbons (Fsp3) is 0.667. The molecule has 0 aromatic carbocycles. The molecule has 1 aromatic rings. The van der Waals surface area contributed by atoms with Crippen molar-refractivity contribution < 1.29 is 5.11 Å². The van der Waals surface area contributed by atoms with E-state index in [4.69, 9.17) is 10.8 Å². The van der Waals surface area contributed by atoms with Gasteiger partial charge >= 0.3 is 0 Å². The zero-order valence-electron chi connectivity index (χ0n) is 7.98. The maximum absolute atomic E-state index is 8.89. The molecule has 74 valence electrons. The van der Waals surface area contributed by atoms with Crippen LogP contribution in [0.3, 0.4) is 0 Å². The van der Waals surface area contributed by atoms with Crippen LogP contribution in [-0.2, 0) is 6.54 Å². The molecule has 3 N–H and O–H groups in total. The third-order valence-corrected chi connectivity index (χ3v) is 2.07. The number of nitrogens with zero attached hydrogens (tertiary/aromatic N) is 2. The lowest BCUT2D eigenvalue weighted by atomic mass is 10.2. The van der Waals surface area contributed by atoms with Crippen LogP contribution in [0.4, 0.5) is 0 Å². The minimum atomic E-state index is -0.306. The molecular weight excluding hydrogens is 166 g/mol. The number of aromatic nitrogens is 2. The lowest BCUT2D eigenvalue weighted by Crippen LogP contribution is -2.18.